The van der Waals surface area contributed by atoms with E-state index in [4.69, 9.17) is 14.9 Å². The Morgan fingerprint density at radius 1 is 1.29 bits per heavy atom. The third kappa shape index (κ3) is 5.28. The van der Waals surface area contributed by atoms with Crippen molar-refractivity contribution in [2.45, 2.75) is 39.0 Å². The molecule has 3 N–H and O–H groups in total. The number of aliphatic hydroxyl groups excluding tert-OH is 1. The van der Waals surface area contributed by atoms with Crippen LogP contribution in [0.25, 0.3) is 0 Å². The Bertz CT molecular complexity index is 1070. The third-order valence-electron chi connectivity index (χ3n) is 5.50. The standard InChI is InChI=1S/C23H26N4O4/c1-15-22(31-14-26-15)13-30-21-3-2-18-11-27(7-5-16(18)9-21)12-20(28)10-19-8-17(23(24)29)4-6-25-19/h2-4,6,8-9,14,20,28H,5,7,10-13H2,1H3,(H2,24,29)/t20-/m0/s1. The molecular weight excluding hydrogens is 396 g/mol. The summed E-state index contributed by atoms with van der Waals surface area (Å²) in [7, 11) is 0. The maximum absolute atomic E-state index is 11.3. The van der Waals surface area contributed by atoms with Crippen LogP contribution in [-0.4, -0.2) is 45.1 Å². The van der Waals surface area contributed by atoms with Crippen molar-refractivity contribution in [2.75, 3.05) is 13.1 Å². The van der Waals surface area contributed by atoms with Crippen LogP contribution < -0.4 is 10.5 Å². The van der Waals surface area contributed by atoms with Crippen molar-refractivity contribution in [3.8, 4) is 5.75 Å². The van der Waals surface area contributed by atoms with Gasteiger partial charge in [0.25, 0.3) is 0 Å². The molecule has 0 saturated carbocycles. The monoisotopic (exact) mass is 422 g/mol. The largest absolute Gasteiger partial charge is 0.486 e. The van der Waals surface area contributed by atoms with Crippen LogP contribution in [0.4, 0.5) is 0 Å². The fourth-order valence-corrected chi connectivity index (χ4v) is 3.79. The lowest BCUT2D eigenvalue weighted by Gasteiger charge is -2.30. The molecule has 31 heavy (non-hydrogen) atoms. The van der Waals surface area contributed by atoms with Crippen LogP contribution in [-0.2, 0) is 26.0 Å². The Balaban J connectivity index is 1.32. The number of nitrogens with zero attached hydrogens (tertiary/aromatic N) is 3. The van der Waals surface area contributed by atoms with Crippen molar-refractivity contribution in [2.24, 2.45) is 5.73 Å². The first-order valence-electron chi connectivity index (χ1n) is 10.3. The van der Waals surface area contributed by atoms with E-state index in [2.05, 4.69) is 27.0 Å². The van der Waals surface area contributed by atoms with Gasteiger partial charge in [-0.3, -0.25) is 14.7 Å². The van der Waals surface area contributed by atoms with Crippen LogP contribution in [0.2, 0.25) is 0 Å². The number of β-amino-alcohol motifs (C(OH)–C–C–N with tert-alkyl or cyclic N) is 1. The molecule has 0 aliphatic carbocycles. The van der Waals surface area contributed by atoms with E-state index in [1.54, 1.807) is 18.3 Å². The predicted octanol–water partition coefficient (Wildman–Crippen LogP) is 2.02. The molecule has 0 fully saturated rings. The molecular formula is C23H26N4O4. The highest BCUT2D eigenvalue weighted by molar-refractivity contribution is 5.92. The number of fused-ring (bicyclic) bond motifs is 1. The Hall–Kier alpha value is -3.23. The zero-order valence-corrected chi connectivity index (χ0v) is 17.5. The van der Waals surface area contributed by atoms with Crippen LogP contribution >= 0.6 is 0 Å². The van der Waals surface area contributed by atoms with E-state index in [1.807, 2.05) is 13.0 Å². The lowest BCUT2D eigenvalue weighted by molar-refractivity contribution is 0.0996. The molecule has 4 rings (SSSR count). The number of rotatable bonds is 8. The third-order valence-corrected chi connectivity index (χ3v) is 5.50. The fourth-order valence-electron chi connectivity index (χ4n) is 3.79. The zero-order valence-electron chi connectivity index (χ0n) is 17.5. The molecule has 8 heteroatoms. The number of aliphatic hydroxyl groups is 1. The number of carbonyl (C=O) groups excluding carboxylic acids is 1. The quantitative estimate of drug-likeness (QED) is 0.571. The SMILES string of the molecule is Cc1ncoc1COc1ccc2c(c1)CCN(C[C@@H](O)Cc1cc(C(N)=O)ccn1)C2. The van der Waals surface area contributed by atoms with Crippen molar-refractivity contribution < 1.29 is 19.1 Å². The predicted molar refractivity (Wildman–Crippen MR) is 113 cm³/mol. The van der Waals surface area contributed by atoms with Gasteiger partial charge in [0.05, 0.1) is 11.8 Å². The van der Waals surface area contributed by atoms with Crippen LogP contribution in [0.5, 0.6) is 5.75 Å². The Morgan fingerprint density at radius 2 is 2.16 bits per heavy atom. The summed E-state index contributed by atoms with van der Waals surface area (Å²) in [5.74, 6) is 1.04. The van der Waals surface area contributed by atoms with Crippen molar-refractivity contribution in [1.29, 1.82) is 0 Å². The highest BCUT2D eigenvalue weighted by Gasteiger charge is 2.20. The maximum Gasteiger partial charge on any atom is 0.248 e. The smallest absolute Gasteiger partial charge is 0.248 e. The number of ether oxygens (including phenoxy) is 1. The first-order chi connectivity index (χ1) is 15.0. The average Bonchev–Trinajstić information content (AvgIpc) is 3.17. The summed E-state index contributed by atoms with van der Waals surface area (Å²) in [6.45, 7) is 4.40. The van der Waals surface area contributed by atoms with Crippen LogP contribution in [0.15, 0.2) is 47.3 Å². The molecule has 2 aromatic heterocycles. The second-order valence-electron chi connectivity index (χ2n) is 7.82. The second kappa shape index (κ2) is 9.28. The minimum absolute atomic E-state index is 0.355. The fraction of sp³-hybridized carbons (Fsp3) is 0.348. The molecule has 3 heterocycles. The number of nitrogens with two attached hydrogens (primary N) is 1. The summed E-state index contributed by atoms with van der Waals surface area (Å²) in [5, 5.41) is 10.5. The highest BCUT2D eigenvalue weighted by Crippen LogP contribution is 2.25. The van der Waals surface area contributed by atoms with Gasteiger partial charge in [-0.2, -0.15) is 0 Å². The van der Waals surface area contributed by atoms with Gasteiger partial charge in [0.15, 0.2) is 12.2 Å². The van der Waals surface area contributed by atoms with E-state index in [0.717, 1.165) is 36.7 Å². The van der Waals surface area contributed by atoms with Crippen molar-refractivity contribution in [3.63, 3.8) is 0 Å². The number of oxazole rings is 1. The number of primary amides is 1. The molecule has 1 aliphatic rings. The van der Waals surface area contributed by atoms with E-state index < -0.39 is 12.0 Å². The number of hydrogen-bond donors (Lipinski definition) is 2. The molecule has 3 aromatic rings. The summed E-state index contributed by atoms with van der Waals surface area (Å²) in [6.07, 6.45) is 3.65. The molecule has 8 nitrogen and oxygen atoms in total. The molecule has 1 atom stereocenters. The van der Waals surface area contributed by atoms with E-state index >= 15 is 0 Å². The summed E-state index contributed by atoms with van der Waals surface area (Å²) in [4.78, 5) is 21.8. The minimum atomic E-state index is -0.579. The van der Waals surface area contributed by atoms with Gasteiger partial charge in [0, 0.05) is 43.5 Å². The van der Waals surface area contributed by atoms with E-state index in [-0.39, 0.29) is 0 Å². The van der Waals surface area contributed by atoms with Crippen LogP contribution in [0.1, 0.15) is 38.6 Å². The second-order valence-corrected chi connectivity index (χ2v) is 7.82. The molecule has 1 aromatic carbocycles. The molecule has 0 unspecified atom stereocenters. The molecule has 0 saturated heterocycles. The minimum Gasteiger partial charge on any atom is -0.486 e. The molecule has 0 spiro atoms. The maximum atomic E-state index is 11.3. The zero-order chi connectivity index (χ0) is 21.8. The van der Waals surface area contributed by atoms with Crippen LogP contribution in [0.3, 0.4) is 0 Å². The Labute approximate surface area is 180 Å². The van der Waals surface area contributed by atoms with Gasteiger partial charge in [-0.1, -0.05) is 6.07 Å². The number of pyridine rings is 1. The van der Waals surface area contributed by atoms with Gasteiger partial charge < -0.3 is 20.0 Å². The van der Waals surface area contributed by atoms with Crippen molar-refractivity contribution in [3.05, 3.63) is 76.8 Å². The van der Waals surface area contributed by atoms with E-state index in [0.29, 0.717) is 30.8 Å². The topological polar surface area (TPSA) is 115 Å². The summed E-state index contributed by atoms with van der Waals surface area (Å²) in [5.41, 5.74) is 9.70. The van der Waals surface area contributed by atoms with Crippen LogP contribution in [0, 0.1) is 6.92 Å². The summed E-state index contributed by atoms with van der Waals surface area (Å²) < 4.78 is 11.2. The number of amides is 1. The molecule has 1 aliphatic heterocycles. The normalized spacial score (nSPS) is 14.8. The number of aromatic nitrogens is 2. The Kier molecular flexibility index (Phi) is 6.29. The van der Waals surface area contributed by atoms with Crippen molar-refractivity contribution in [1.82, 2.24) is 14.9 Å². The molecule has 0 bridgehead atoms. The van der Waals surface area contributed by atoms with Gasteiger partial charge in [-0.15, -0.1) is 0 Å². The lowest BCUT2D eigenvalue weighted by Crippen LogP contribution is -2.37. The molecule has 0 radical (unpaired) electrons. The Morgan fingerprint density at radius 3 is 2.94 bits per heavy atom. The number of carbonyl (C=O) groups is 1. The van der Waals surface area contributed by atoms with Gasteiger partial charge in [0.1, 0.15) is 12.4 Å². The van der Waals surface area contributed by atoms with Gasteiger partial charge in [-0.25, -0.2) is 4.98 Å². The van der Waals surface area contributed by atoms with E-state index in [9.17, 15) is 9.90 Å². The number of benzene rings is 1. The molecule has 162 valence electrons. The van der Waals surface area contributed by atoms with Crippen molar-refractivity contribution >= 4 is 5.91 Å². The van der Waals surface area contributed by atoms with Gasteiger partial charge >= 0.3 is 0 Å². The van der Waals surface area contributed by atoms with Gasteiger partial charge in [-0.05, 0) is 48.7 Å². The highest BCUT2D eigenvalue weighted by atomic mass is 16.5. The summed E-state index contributed by atoms with van der Waals surface area (Å²) >= 11 is 0. The first-order valence-corrected chi connectivity index (χ1v) is 10.3. The summed E-state index contributed by atoms with van der Waals surface area (Å²) in [6, 6.07) is 9.33. The van der Waals surface area contributed by atoms with Gasteiger partial charge in [0.2, 0.25) is 5.91 Å². The van der Waals surface area contributed by atoms with E-state index in [1.165, 1.54) is 17.5 Å². The first kappa shape index (κ1) is 21.0. The number of aryl methyl sites for hydroxylation is 1. The average molecular weight is 422 g/mol. The molecule has 1 amide bonds. The number of hydrogen-bond acceptors (Lipinski definition) is 7. The lowest BCUT2D eigenvalue weighted by atomic mass is 9.99.